The molecular weight excluding hydrogens is 240 g/mol. The summed E-state index contributed by atoms with van der Waals surface area (Å²) < 4.78 is 0. The molecule has 0 bridgehead atoms. The molecule has 0 aromatic heterocycles. The number of hydrogen-bond donors (Lipinski definition) is 3. The van der Waals surface area contributed by atoms with E-state index >= 15 is 0 Å². The predicted molar refractivity (Wildman–Crippen MR) is 76.8 cm³/mol. The summed E-state index contributed by atoms with van der Waals surface area (Å²) >= 11 is 0. The number of carbonyl (C=O) groups is 1. The molecule has 106 valence electrons. The van der Waals surface area contributed by atoms with Crippen molar-refractivity contribution in [3.8, 4) is 0 Å². The Morgan fingerprint density at radius 2 is 1.95 bits per heavy atom. The van der Waals surface area contributed by atoms with Gasteiger partial charge in [0, 0.05) is 19.0 Å². The summed E-state index contributed by atoms with van der Waals surface area (Å²) in [6.07, 6.45) is 0.403. The predicted octanol–water partition coefficient (Wildman–Crippen LogP) is 1.40. The average Bonchev–Trinajstić information content (AvgIpc) is 2.39. The van der Waals surface area contributed by atoms with E-state index < -0.39 is 5.54 Å². The minimum absolute atomic E-state index is 0.0615. The van der Waals surface area contributed by atoms with Gasteiger partial charge in [-0.2, -0.15) is 0 Å². The topological polar surface area (TPSA) is 61.4 Å². The summed E-state index contributed by atoms with van der Waals surface area (Å²) in [7, 11) is 0. The number of aliphatic hydroxyl groups is 1. The van der Waals surface area contributed by atoms with E-state index in [2.05, 4.69) is 10.6 Å². The first-order chi connectivity index (χ1) is 8.98. The Hall–Kier alpha value is -1.39. The average molecular weight is 264 g/mol. The van der Waals surface area contributed by atoms with Crippen LogP contribution in [0.2, 0.25) is 0 Å². The summed E-state index contributed by atoms with van der Waals surface area (Å²) in [5.41, 5.74) is 0.179. The van der Waals surface area contributed by atoms with Crippen LogP contribution >= 0.6 is 0 Å². The third-order valence-electron chi connectivity index (χ3n) is 3.05. The number of hydrogen-bond acceptors (Lipinski definition) is 3. The normalized spacial score (nSPS) is 14.2. The highest BCUT2D eigenvalue weighted by molar-refractivity contribution is 5.77. The maximum absolute atomic E-state index is 11.9. The maximum atomic E-state index is 11.9. The lowest BCUT2D eigenvalue weighted by atomic mass is 9.93. The van der Waals surface area contributed by atoms with Gasteiger partial charge in [-0.15, -0.1) is 0 Å². The van der Waals surface area contributed by atoms with Crippen LogP contribution in [0.5, 0.6) is 0 Å². The number of carbonyl (C=O) groups excluding carboxylic acids is 1. The molecule has 3 N–H and O–H groups in total. The van der Waals surface area contributed by atoms with E-state index in [1.54, 1.807) is 0 Å². The van der Waals surface area contributed by atoms with Gasteiger partial charge < -0.3 is 15.7 Å². The molecule has 0 aliphatic carbocycles. The van der Waals surface area contributed by atoms with Crippen LogP contribution in [0, 0.1) is 0 Å². The fourth-order valence-corrected chi connectivity index (χ4v) is 1.85. The molecule has 1 atom stereocenters. The van der Waals surface area contributed by atoms with Crippen molar-refractivity contribution in [2.24, 2.45) is 0 Å². The zero-order valence-corrected chi connectivity index (χ0v) is 11.9. The van der Waals surface area contributed by atoms with E-state index in [-0.39, 0.29) is 12.5 Å². The van der Waals surface area contributed by atoms with Gasteiger partial charge >= 0.3 is 0 Å². The van der Waals surface area contributed by atoms with E-state index in [4.69, 9.17) is 0 Å². The second kappa shape index (κ2) is 7.26. The fourth-order valence-electron chi connectivity index (χ4n) is 1.85. The van der Waals surface area contributed by atoms with Gasteiger partial charge in [0.25, 0.3) is 0 Å². The minimum Gasteiger partial charge on any atom is -0.394 e. The molecule has 4 heteroatoms. The Bertz CT molecular complexity index is 392. The lowest BCUT2D eigenvalue weighted by Crippen LogP contribution is -2.47. The number of benzene rings is 1. The van der Waals surface area contributed by atoms with E-state index in [1.807, 2.05) is 51.1 Å². The van der Waals surface area contributed by atoms with Gasteiger partial charge in [0.1, 0.15) is 0 Å². The first-order valence-electron chi connectivity index (χ1n) is 6.69. The van der Waals surface area contributed by atoms with Gasteiger partial charge in [-0.3, -0.25) is 4.79 Å². The smallest absolute Gasteiger partial charge is 0.222 e. The monoisotopic (exact) mass is 264 g/mol. The molecule has 0 saturated heterocycles. The van der Waals surface area contributed by atoms with Crippen LogP contribution in [0.4, 0.5) is 0 Å². The van der Waals surface area contributed by atoms with E-state index in [1.165, 1.54) is 0 Å². The highest BCUT2D eigenvalue weighted by Crippen LogP contribution is 2.19. The lowest BCUT2D eigenvalue weighted by Gasteiger charge is -2.29. The quantitative estimate of drug-likeness (QED) is 0.697. The van der Waals surface area contributed by atoms with Gasteiger partial charge in [-0.25, -0.2) is 0 Å². The van der Waals surface area contributed by atoms with Crippen LogP contribution < -0.4 is 10.6 Å². The van der Waals surface area contributed by atoms with Crippen molar-refractivity contribution in [1.29, 1.82) is 0 Å². The van der Waals surface area contributed by atoms with E-state index in [9.17, 15) is 9.90 Å². The van der Waals surface area contributed by atoms with Crippen LogP contribution in [0.3, 0.4) is 0 Å². The molecule has 19 heavy (non-hydrogen) atoms. The second-order valence-corrected chi connectivity index (χ2v) is 5.26. The third kappa shape index (κ3) is 5.01. The molecule has 0 aliphatic heterocycles. The number of nitrogens with one attached hydrogen (secondary N) is 2. The molecule has 0 heterocycles. The maximum Gasteiger partial charge on any atom is 0.222 e. The zero-order chi connectivity index (χ0) is 14.3. The molecule has 0 spiro atoms. The fraction of sp³-hybridized carbons (Fsp3) is 0.533. The molecule has 1 aromatic carbocycles. The van der Waals surface area contributed by atoms with Gasteiger partial charge in [-0.1, -0.05) is 44.2 Å². The van der Waals surface area contributed by atoms with E-state index in [0.717, 1.165) is 5.56 Å². The van der Waals surface area contributed by atoms with Crippen molar-refractivity contribution in [3.63, 3.8) is 0 Å². The van der Waals surface area contributed by atoms with Gasteiger partial charge in [0.2, 0.25) is 5.91 Å². The summed E-state index contributed by atoms with van der Waals surface area (Å²) in [5.74, 6) is -0.0615. The molecule has 0 fully saturated rings. The third-order valence-corrected chi connectivity index (χ3v) is 3.05. The Morgan fingerprint density at radius 3 is 2.47 bits per heavy atom. The summed E-state index contributed by atoms with van der Waals surface area (Å²) in [5, 5.41) is 15.7. The van der Waals surface area contributed by atoms with Crippen LogP contribution in [0.1, 0.15) is 32.8 Å². The summed E-state index contributed by atoms with van der Waals surface area (Å²) in [4.78, 5) is 11.9. The molecule has 4 nitrogen and oxygen atoms in total. The standard InChI is InChI=1S/C15H24N2O2/c1-12(2)16-10-9-14(19)17-15(3,11-18)13-7-5-4-6-8-13/h4-8,12,16,18H,9-11H2,1-3H3,(H,17,19). The molecule has 1 amide bonds. The zero-order valence-electron chi connectivity index (χ0n) is 11.9. The van der Waals surface area contributed by atoms with Crippen LogP contribution in [-0.2, 0) is 10.3 Å². The highest BCUT2D eigenvalue weighted by Gasteiger charge is 2.27. The second-order valence-electron chi connectivity index (χ2n) is 5.26. The Morgan fingerprint density at radius 1 is 1.32 bits per heavy atom. The molecule has 1 rings (SSSR count). The number of aliphatic hydroxyl groups excluding tert-OH is 1. The first kappa shape index (κ1) is 15.7. The van der Waals surface area contributed by atoms with Crippen LogP contribution in [-0.4, -0.2) is 30.2 Å². The number of amides is 1. The van der Waals surface area contributed by atoms with Gasteiger partial charge in [0.15, 0.2) is 0 Å². The van der Waals surface area contributed by atoms with Gasteiger partial charge in [0.05, 0.1) is 12.1 Å². The van der Waals surface area contributed by atoms with Crippen LogP contribution in [0.25, 0.3) is 0 Å². The Kier molecular flexibility index (Phi) is 5.99. The molecule has 0 radical (unpaired) electrons. The Labute approximate surface area is 115 Å². The van der Waals surface area contributed by atoms with Crippen molar-refractivity contribution in [3.05, 3.63) is 35.9 Å². The van der Waals surface area contributed by atoms with Crippen LogP contribution in [0.15, 0.2) is 30.3 Å². The molecule has 0 aliphatic rings. The first-order valence-corrected chi connectivity index (χ1v) is 6.69. The molecule has 1 aromatic rings. The summed E-state index contributed by atoms with van der Waals surface area (Å²) in [6.45, 7) is 6.43. The highest BCUT2D eigenvalue weighted by atomic mass is 16.3. The van der Waals surface area contributed by atoms with Crippen molar-refractivity contribution in [2.75, 3.05) is 13.2 Å². The van der Waals surface area contributed by atoms with E-state index in [0.29, 0.717) is 19.0 Å². The van der Waals surface area contributed by atoms with Crippen molar-refractivity contribution in [2.45, 2.75) is 38.8 Å². The largest absolute Gasteiger partial charge is 0.394 e. The SMILES string of the molecule is CC(C)NCCC(=O)NC(C)(CO)c1ccccc1. The number of rotatable bonds is 7. The summed E-state index contributed by atoms with van der Waals surface area (Å²) in [6, 6.07) is 9.89. The Balaban J connectivity index is 2.59. The molecular formula is C15H24N2O2. The minimum atomic E-state index is -0.726. The van der Waals surface area contributed by atoms with Crippen molar-refractivity contribution in [1.82, 2.24) is 10.6 Å². The van der Waals surface area contributed by atoms with Crippen molar-refractivity contribution >= 4 is 5.91 Å². The van der Waals surface area contributed by atoms with Crippen molar-refractivity contribution < 1.29 is 9.90 Å². The lowest BCUT2D eigenvalue weighted by molar-refractivity contribution is -0.123. The molecule has 1 unspecified atom stereocenters. The van der Waals surface area contributed by atoms with Gasteiger partial charge in [-0.05, 0) is 12.5 Å². The molecule has 0 saturated carbocycles.